The lowest BCUT2D eigenvalue weighted by molar-refractivity contribution is -0.137. The number of amides is 1. The Morgan fingerprint density at radius 1 is 0.919 bits per heavy atom. The van der Waals surface area contributed by atoms with E-state index in [1.165, 1.54) is 29.5 Å². The van der Waals surface area contributed by atoms with Gasteiger partial charge in [-0.3, -0.25) is 4.79 Å². The Balaban J connectivity index is 1.62. The largest absolute Gasteiger partial charge is 0.465 e. The lowest BCUT2D eigenvalue weighted by Gasteiger charge is -2.29. The van der Waals surface area contributed by atoms with Crippen LogP contribution in [0.25, 0.3) is 20.2 Å². The topological polar surface area (TPSA) is 116 Å². The van der Waals surface area contributed by atoms with E-state index in [4.69, 9.17) is 9.84 Å². The van der Waals surface area contributed by atoms with Crippen molar-refractivity contribution < 1.29 is 38.0 Å². The number of benzene rings is 3. The zero-order chi connectivity index (χ0) is 26.8. The van der Waals surface area contributed by atoms with Crippen LogP contribution in [0.5, 0.6) is 11.5 Å². The summed E-state index contributed by atoms with van der Waals surface area (Å²) in [6, 6.07) is 14.4. The number of carboxylic acid groups (broad SMARTS) is 1. The van der Waals surface area contributed by atoms with Crippen LogP contribution < -0.4 is 15.5 Å². The van der Waals surface area contributed by atoms with Crippen molar-refractivity contribution in [1.29, 1.82) is 0 Å². The van der Waals surface area contributed by atoms with Crippen LogP contribution in [0.1, 0.15) is 17.5 Å². The molecule has 0 aliphatic rings. The first-order valence-electron chi connectivity index (χ1n) is 11.1. The van der Waals surface area contributed by atoms with E-state index in [9.17, 15) is 33.0 Å². The van der Waals surface area contributed by atoms with Crippen LogP contribution in [0.2, 0.25) is 0 Å². The van der Waals surface area contributed by atoms with Crippen molar-refractivity contribution in [3.8, 4) is 11.5 Å². The quantitative estimate of drug-likeness (QED) is 0.233. The number of hydrogen-bond donors (Lipinski definition) is 4. The molecule has 1 amide bonds. The summed E-state index contributed by atoms with van der Waals surface area (Å²) in [7, 11) is 0. The highest BCUT2D eigenvalue weighted by Gasteiger charge is 2.31. The summed E-state index contributed by atoms with van der Waals surface area (Å²) in [6.07, 6.45) is -5.46. The van der Waals surface area contributed by atoms with Gasteiger partial charge < -0.3 is 25.4 Å². The Hall–Kier alpha value is -3.67. The number of aryl methyl sites for hydroxylation is 1. The molecule has 0 fully saturated rings. The summed E-state index contributed by atoms with van der Waals surface area (Å²) in [5.41, 5.74) is -1.76. The second-order valence-corrected chi connectivity index (χ2v) is 9.66. The number of nitrogens with one attached hydrogen (secondary N) is 1. The summed E-state index contributed by atoms with van der Waals surface area (Å²) in [4.78, 5) is 24.2. The molecule has 0 unspecified atom stereocenters. The van der Waals surface area contributed by atoms with E-state index in [0.29, 0.717) is 26.6 Å². The van der Waals surface area contributed by atoms with Crippen LogP contribution in [-0.2, 0) is 12.6 Å². The standard InChI is InChI=1S/C26H22F3NO6S/c27-26(28,29)16-2-1-3-17(11-16)36-18-5-6-19-22(12-18)37-21-7-4-15(10-20(21)23(19)33)8-9-25(13-31,14-32)30-24(34)35/h1-7,10-12,30-32H,8-9,13-14H2,(H,34,35). The third-order valence-corrected chi connectivity index (χ3v) is 7.11. The lowest BCUT2D eigenvalue weighted by Crippen LogP contribution is -2.54. The second kappa shape index (κ2) is 10.4. The third kappa shape index (κ3) is 5.85. The average molecular weight is 534 g/mol. The van der Waals surface area contributed by atoms with Gasteiger partial charge in [-0.2, -0.15) is 13.2 Å². The molecule has 0 saturated carbocycles. The van der Waals surface area contributed by atoms with E-state index in [1.54, 1.807) is 30.3 Å². The molecule has 194 valence electrons. The lowest BCUT2D eigenvalue weighted by atomic mass is 9.92. The maximum atomic E-state index is 13.2. The Morgan fingerprint density at radius 3 is 2.32 bits per heavy atom. The summed E-state index contributed by atoms with van der Waals surface area (Å²) in [5.74, 6) is 0.305. The summed E-state index contributed by atoms with van der Waals surface area (Å²) in [5, 5.41) is 31.2. The van der Waals surface area contributed by atoms with E-state index >= 15 is 0 Å². The molecule has 4 aromatic rings. The van der Waals surface area contributed by atoms with E-state index in [1.807, 2.05) is 0 Å². The van der Waals surface area contributed by atoms with Gasteiger partial charge in [0, 0.05) is 20.2 Å². The minimum atomic E-state index is -4.50. The van der Waals surface area contributed by atoms with Crippen LogP contribution in [0.3, 0.4) is 0 Å². The molecule has 0 radical (unpaired) electrons. The third-order valence-electron chi connectivity index (χ3n) is 5.97. The number of hydrogen-bond acceptors (Lipinski definition) is 6. The number of halogens is 3. The Labute approximate surface area is 212 Å². The molecule has 0 bridgehead atoms. The van der Waals surface area contributed by atoms with Gasteiger partial charge in [-0.05, 0) is 66.9 Å². The van der Waals surface area contributed by atoms with Gasteiger partial charge in [0.15, 0.2) is 5.43 Å². The first kappa shape index (κ1) is 26.4. The molecule has 0 aliphatic heterocycles. The molecule has 11 heteroatoms. The summed E-state index contributed by atoms with van der Waals surface area (Å²) >= 11 is 1.32. The van der Waals surface area contributed by atoms with Crippen molar-refractivity contribution in [3.63, 3.8) is 0 Å². The van der Waals surface area contributed by atoms with Crippen molar-refractivity contribution in [2.24, 2.45) is 0 Å². The molecule has 1 heterocycles. The Bertz CT molecular complexity index is 1510. The molecular formula is C26H22F3NO6S. The van der Waals surface area contributed by atoms with Crippen molar-refractivity contribution in [2.45, 2.75) is 24.6 Å². The van der Waals surface area contributed by atoms with Gasteiger partial charge in [-0.25, -0.2) is 4.79 Å². The molecule has 1 aromatic heterocycles. The van der Waals surface area contributed by atoms with E-state index < -0.39 is 36.6 Å². The van der Waals surface area contributed by atoms with Gasteiger partial charge in [0.05, 0.1) is 24.3 Å². The number of fused-ring (bicyclic) bond motifs is 2. The second-order valence-electron chi connectivity index (χ2n) is 8.57. The van der Waals surface area contributed by atoms with Gasteiger partial charge in [-0.1, -0.05) is 12.1 Å². The molecule has 0 atom stereocenters. The minimum absolute atomic E-state index is 0.0196. The van der Waals surface area contributed by atoms with Gasteiger partial charge in [-0.15, -0.1) is 11.3 Å². The summed E-state index contributed by atoms with van der Waals surface area (Å²) in [6.45, 7) is -1.18. The van der Waals surface area contributed by atoms with Gasteiger partial charge >= 0.3 is 12.3 Å². The number of carbonyl (C=O) groups is 1. The number of aliphatic hydroxyl groups is 2. The first-order valence-corrected chi connectivity index (χ1v) is 11.9. The minimum Gasteiger partial charge on any atom is -0.465 e. The highest BCUT2D eigenvalue weighted by atomic mass is 32.1. The van der Waals surface area contributed by atoms with Gasteiger partial charge in [0.25, 0.3) is 0 Å². The molecule has 4 N–H and O–H groups in total. The average Bonchev–Trinajstić information content (AvgIpc) is 2.86. The van der Waals surface area contributed by atoms with Gasteiger partial charge in [0.2, 0.25) is 0 Å². The van der Waals surface area contributed by atoms with Gasteiger partial charge in [0.1, 0.15) is 11.5 Å². The van der Waals surface area contributed by atoms with Crippen LogP contribution in [-0.4, -0.2) is 40.2 Å². The molecule has 0 aliphatic carbocycles. The maximum absolute atomic E-state index is 13.2. The van der Waals surface area contributed by atoms with Crippen LogP contribution in [0.4, 0.5) is 18.0 Å². The Morgan fingerprint density at radius 2 is 1.65 bits per heavy atom. The number of ether oxygens (including phenoxy) is 1. The van der Waals surface area contributed by atoms with Crippen molar-refractivity contribution >= 4 is 37.6 Å². The highest BCUT2D eigenvalue weighted by molar-refractivity contribution is 7.24. The zero-order valence-corrected chi connectivity index (χ0v) is 20.0. The maximum Gasteiger partial charge on any atom is 0.416 e. The summed E-state index contributed by atoms with van der Waals surface area (Å²) < 4.78 is 45.9. The van der Waals surface area contributed by atoms with Crippen LogP contribution >= 0.6 is 11.3 Å². The molecule has 4 rings (SSSR count). The monoisotopic (exact) mass is 533 g/mol. The van der Waals surface area contributed by atoms with Crippen LogP contribution in [0.15, 0.2) is 65.5 Å². The molecular weight excluding hydrogens is 511 g/mol. The molecule has 37 heavy (non-hydrogen) atoms. The van der Waals surface area contributed by atoms with Crippen molar-refractivity contribution in [3.05, 3.63) is 82.0 Å². The molecule has 0 spiro atoms. The molecule has 7 nitrogen and oxygen atoms in total. The van der Waals surface area contributed by atoms with Crippen molar-refractivity contribution in [2.75, 3.05) is 13.2 Å². The molecule has 0 saturated heterocycles. The smallest absolute Gasteiger partial charge is 0.416 e. The van der Waals surface area contributed by atoms with E-state index in [0.717, 1.165) is 17.7 Å². The fourth-order valence-corrected chi connectivity index (χ4v) is 5.01. The number of aliphatic hydroxyl groups excluding tert-OH is 2. The highest BCUT2D eigenvalue weighted by Crippen LogP contribution is 2.34. The fraction of sp³-hybridized carbons (Fsp3) is 0.231. The normalized spacial score (nSPS) is 12.1. The number of rotatable bonds is 8. The Kier molecular flexibility index (Phi) is 7.39. The number of alkyl halides is 3. The van der Waals surface area contributed by atoms with Crippen LogP contribution in [0, 0.1) is 0 Å². The fourth-order valence-electron chi connectivity index (χ4n) is 3.93. The van der Waals surface area contributed by atoms with E-state index in [2.05, 4.69) is 5.32 Å². The molecule has 3 aromatic carbocycles. The van der Waals surface area contributed by atoms with E-state index in [-0.39, 0.29) is 23.3 Å². The SMILES string of the molecule is O=C(O)NC(CO)(CO)CCc1ccc2sc3cc(Oc4cccc(C(F)(F)F)c4)ccc3c(=O)c2c1. The predicted molar refractivity (Wildman–Crippen MR) is 134 cm³/mol. The predicted octanol–water partition coefficient (Wildman–Crippen LogP) is 5.15. The first-order chi connectivity index (χ1) is 17.5. The van der Waals surface area contributed by atoms with Crippen molar-refractivity contribution in [1.82, 2.24) is 5.32 Å². The zero-order valence-electron chi connectivity index (χ0n) is 19.2.